The Morgan fingerprint density at radius 1 is 1.00 bits per heavy atom. The fraction of sp³-hybridized carbons (Fsp3) is 0.167. The van der Waals surface area contributed by atoms with Crippen LogP contribution in [0.1, 0.15) is 39.9 Å². The molecule has 0 fully saturated rings. The smallest absolute Gasteiger partial charge is 0.253 e. The fourth-order valence-corrected chi connectivity index (χ4v) is 5.74. The third-order valence-electron chi connectivity index (χ3n) is 7.17. The Kier molecular flexibility index (Phi) is 4.76. The summed E-state index contributed by atoms with van der Waals surface area (Å²) >= 11 is 0. The molecular weight excluding hydrogens is 404 g/mol. The molecule has 0 saturated carbocycles. The molecule has 6 rings (SSSR count). The Morgan fingerprint density at radius 2 is 1.73 bits per heavy atom. The van der Waals surface area contributed by atoms with Gasteiger partial charge in [0.2, 0.25) is 0 Å². The lowest BCUT2D eigenvalue weighted by molar-refractivity contribution is 0.0958. The molecule has 4 aromatic rings. The van der Waals surface area contributed by atoms with Gasteiger partial charge in [-0.15, -0.1) is 6.58 Å². The van der Waals surface area contributed by atoms with Crippen molar-refractivity contribution >= 4 is 33.1 Å². The first-order valence-electron chi connectivity index (χ1n) is 11.6. The molecular formula is C30H26N2O. The molecule has 1 heterocycles. The van der Waals surface area contributed by atoms with E-state index in [-0.39, 0.29) is 17.9 Å². The molecule has 0 bridgehead atoms. The molecule has 3 nitrogen and oxygen atoms in total. The van der Waals surface area contributed by atoms with Crippen molar-refractivity contribution in [2.75, 3.05) is 11.9 Å². The van der Waals surface area contributed by atoms with Crippen molar-refractivity contribution < 1.29 is 4.79 Å². The van der Waals surface area contributed by atoms with Gasteiger partial charge in [0, 0.05) is 12.5 Å². The molecule has 1 aliphatic heterocycles. The average Bonchev–Trinajstić information content (AvgIpc) is 3.35. The number of fused-ring (bicyclic) bond motifs is 5. The lowest BCUT2D eigenvalue weighted by atomic mass is 9.74. The summed E-state index contributed by atoms with van der Waals surface area (Å²) in [4.78, 5) is 13.0. The lowest BCUT2D eigenvalue weighted by Crippen LogP contribution is -2.32. The highest BCUT2D eigenvalue weighted by Gasteiger charge is 2.40. The first-order valence-corrected chi connectivity index (χ1v) is 11.6. The second-order valence-corrected chi connectivity index (χ2v) is 8.98. The zero-order valence-corrected chi connectivity index (χ0v) is 18.4. The van der Waals surface area contributed by atoms with Crippen LogP contribution in [-0.2, 0) is 0 Å². The molecule has 3 heteroatoms. The second kappa shape index (κ2) is 7.93. The first kappa shape index (κ1) is 19.8. The molecule has 33 heavy (non-hydrogen) atoms. The SMILES string of the molecule is C=CCNC(=O)c1cccc2c1NC(c1c3ccccc3cc3ccccc13)C1CC=CC21. The van der Waals surface area contributed by atoms with Crippen molar-refractivity contribution in [3.8, 4) is 0 Å². The van der Waals surface area contributed by atoms with E-state index in [1.54, 1.807) is 6.08 Å². The van der Waals surface area contributed by atoms with Crippen LogP contribution in [0, 0.1) is 5.92 Å². The third kappa shape index (κ3) is 3.15. The second-order valence-electron chi connectivity index (χ2n) is 8.98. The van der Waals surface area contributed by atoms with Crippen LogP contribution in [0.4, 0.5) is 5.69 Å². The van der Waals surface area contributed by atoms with E-state index >= 15 is 0 Å². The van der Waals surface area contributed by atoms with E-state index in [1.165, 1.54) is 32.7 Å². The van der Waals surface area contributed by atoms with Crippen LogP contribution in [0.3, 0.4) is 0 Å². The van der Waals surface area contributed by atoms with Crippen molar-refractivity contribution in [3.63, 3.8) is 0 Å². The Hall–Kier alpha value is -3.85. The number of hydrogen-bond donors (Lipinski definition) is 2. The molecule has 0 saturated heterocycles. The molecule has 2 N–H and O–H groups in total. The maximum atomic E-state index is 13.0. The van der Waals surface area contributed by atoms with Crippen molar-refractivity contribution in [1.82, 2.24) is 5.32 Å². The van der Waals surface area contributed by atoms with Crippen molar-refractivity contribution in [2.24, 2.45) is 5.92 Å². The monoisotopic (exact) mass is 430 g/mol. The van der Waals surface area contributed by atoms with E-state index in [2.05, 4.69) is 90.0 Å². The van der Waals surface area contributed by atoms with E-state index in [0.717, 1.165) is 12.1 Å². The maximum Gasteiger partial charge on any atom is 0.253 e. The molecule has 0 radical (unpaired) electrons. The van der Waals surface area contributed by atoms with Gasteiger partial charge in [-0.2, -0.15) is 0 Å². The summed E-state index contributed by atoms with van der Waals surface area (Å²) in [5, 5.41) is 11.9. The van der Waals surface area contributed by atoms with Crippen LogP contribution in [0.25, 0.3) is 21.5 Å². The molecule has 162 valence electrons. The van der Waals surface area contributed by atoms with Crippen molar-refractivity contribution in [3.05, 3.63) is 114 Å². The number of anilines is 1. The topological polar surface area (TPSA) is 41.1 Å². The molecule has 0 aromatic heterocycles. The van der Waals surface area contributed by atoms with Gasteiger partial charge in [-0.05, 0) is 57.1 Å². The van der Waals surface area contributed by atoms with Gasteiger partial charge >= 0.3 is 0 Å². The number of benzene rings is 4. The highest BCUT2D eigenvalue weighted by atomic mass is 16.1. The number of amides is 1. The quantitative estimate of drug-likeness (QED) is 0.278. The molecule has 2 aliphatic rings. The number of rotatable bonds is 4. The third-order valence-corrected chi connectivity index (χ3v) is 7.17. The van der Waals surface area contributed by atoms with E-state index in [1.807, 2.05) is 12.1 Å². The average molecular weight is 431 g/mol. The van der Waals surface area contributed by atoms with Crippen molar-refractivity contribution in [1.29, 1.82) is 0 Å². The van der Waals surface area contributed by atoms with E-state index in [0.29, 0.717) is 18.0 Å². The first-order chi connectivity index (χ1) is 16.3. The minimum Gasteiger partial charge on any atom is -0.377 e. The van der Waals surface area contributed by atoms with Gasteiger partial charge in [0.1, 0.15) is 0 Å². The molecule has 0 spiro atoms. The Labute approximate surface area is 193 Å². The van der Waals surface area contributed by atoms with E-state index in [9.17, 15) is 4.79 Å². The number of hydrogen-bond acceptors (Lipinski definition) is 2. The zero-order valence-electron chi connectivity index (χ0n) is 18.4. The van der Waals surface area contributed by atoms with Gasteiger partial charge in [0.05, 0.1) is 17.3 Å². The summed E-state index contributed by atoms with van der Waals surface area (Å²) in [5.74, 6) is 0.621. The van der Waals surface area contributed by atoms with Gasteiger partial charge in [-0.25, -0.2) is 0 Å². The maximum absolute atomic E-state index is 13.0. The van der Waals surface area contributed by atoms with Gasteiger partial charge < -0.3 is 10.6 Å². The van der Waals surface area contributed by atoms with Crippen molar-refractivity contribution in [2.45, 2.75) is 18.4 Å². The van der Waals surface area contributed by atoms with E-state index in [4.69, 9.17) is 0 Å². The highest BCUT2D eigenvalue weighted by molar-refractivity contribution is 6.04. The molecule has 1 amide bonds. The number of nitrogens with one attached hydrogen (secondary N) is 2. The summed E-state index contributed by atoms with van der Waals surface area (Å²) in [7, 11) is 0. The largest absolute Gasteiger partial charge is 0.377 e. The van der Waals surface area contributed by atoms with Gasteiger partial charge in [0.15, 0.2) is 0 Å². The number of carbonyl (C=O) groups excluding carboxylic acids is 1. The summed E-state index contributed by atoms with van der Waals surface area (Å²) in [6.45, 7) is 4.18. The Morgan fingerprint density at radius 3 is 2.45 bits per heavy atom. The van der Waals surface area contributed by atoms with Crippen LogP contribution in [0.15, 0.2) is 97.6 Å². The minimum absolute atomic E-state index is 0.0683. The Bertz CT molecular complexity index is 1380. The van der Waals surface area contributed by atoms with Gasteiger partial charge in [-0.1, -0.05) is 78.9 Å². The Balaban J connectivity index is 1.57. The van der Waals surface area contributed by atoms with Crippen LogP contribution in [0.5, 0.6) is 0 Å². The summed E-state index contributed by atoms with van der Waals surface area (Å²) < 4.78 is 0. The summed E-state index contributed by atoms with van der Waals surface area (Å²) in [6.07, 6.45) is 7.36. The van der Waals surface area contributed by atoms with E-state index < -0.39 is 0 Å². The standard InChI is InChI=1S/C30H26N2O/c1-2-17-31-30(33)26-16-8-14-24-23-13-7-15-25(23)29(32-28(24)26)27-21-11-5-3-9-19(21)18-20-10-4-6-12-22(20)27/h2-14,16,18,23,25,29,32H,1,15,17H2,(H,31,33). The number of allylic oxidation sites excluding steroid dienone is 2. The van der Waals surface area contributed by atoms with Gasteiger partial charge in [-0.3, -0.25) is 4.79 Å². The molecule has 3 atom stereocenters. The highest BCUT2D eigenvalue weighted by Crippen LogP contribution is 2.52. The lowest BCUT2D eigenvalue weighted by Gasteiger charge is -2.39. The zero-order chi connectivity index (χ0) is 22.4. The van der Waals surface area contributed by atoms with Crippen LogP contribution in [0.2, 0.25) is 0 Å². The summed E-state index contributed by atoms with van der Waals surface area (Å²) in [5.41, 5.74) is 4.19. The molecule has 1 aliphatic carbocycles. The van der Waals surface area contributed by atoms with Gasteiger partial charge in [0.25, 0.3) is 5.91 Å². The van der Waals surface area contributed by atoms with Crippen LogP contribution in [-0.4, -0.2) is 12.5 Å². The van der Waals surface area contributed by atoms with Crippen LogP contribution < -0.4 is 10.6 Å². The molecule has 4 aromatic carbocycles. The predicted molar refractivity (Wildman–Crippen MR) is 137 cm³/mol. The predicted octanol–water partition coefficient (Wildman–Crippen LogP) is 6.74. The minimum atomic E-state index is -0.0683. The number of para-hydroxylation sites is 1. The normalized spacial score (nSPS) is 20.8. The van der Waals surface area contributed by atoms with Crippen LogP contribution >= 0.6 is 0 Å². The number of carbonyl (C=O) groups is 1. The molecule has 3 unspecified atom stereocenters. The summed E-state index contributed by atoms with van der Waals surface area (Å²) in [6, 6.07) is 25.8. The fourth-order valence-electron chi connectivity index (χ4n) is 5.74.